The molecule has 1 aromatic heterocycles. The number of carbonyl (C=O) groups is 1. The number of halogens is 1. The molecule has 0 fully saturated rings. The van der Waals surface area contributed by atoms with E-state index in [9.17, 15) is 4.79 Å². The highest BCUT2D eigenvalue weighted by molar-refractivity contribution is 6.33. The molecule has 6 nitrogen and oxygen atoms in total. The predicted octanol–water partition coefficient (Wildman–Crippen LogP) is 4.71. The van der Waals surface area contributed by atoms with Gasteiger partial charge in [-0.2, -0.15) is 0 Å². The number of amides is 1. The van der Waals surface area contributed by atoms with Gasteiger partial charge >= 0.3 is 0 Å². The third-order valence-electron chi connectivity index (χ3n) is 4.90. The van der Waals surface area contributed by atoms with Crippen molar-refractivity contribution in [3.05, 3.63) is 89.2 Å². The molecule has 3 aromatic carbocycles. The molecule has 0 saturated heterocycles. The van der Waals surface area contributed by atoms with Gasteiger partial charge in [-0.1, -0.05) is 35.9 Å². The van der Waals surface area contributed by atoms with Crippen LogP contribution in [0.25, 0.3) is 11.0 Å². The Morgan fingerprint density at radius 3 is 2.48 bits per heavy atom. The van der Waals surface area contributed by atoms with Crippen LogP contribution in [0.3, 0.4) is 0 Å². The molecule has 7 heteroatoms. The number of nitrogens with one attached hydrogen (secondary N) is 1. The maximum absolute atomic E-state index is 12.5. The van der Waals surface area contributed by atoms with Crippen LogP contribution in [0.2, 0.25) is 5.02 Å². The first kappa shape index (κ1) is 20.8. The van der Waals surface area contributed by atoms with Crippen LogP contribution < -0.4 is 14.8 Å². The number of nitrogens with zero attached hydrogens (tertiary/aromatic N) is 2. The van der Waals surface area contributed by atoms with Crippen molar-refractivity contribution >= 4 is 28.5 Å². The zero-order valence-corrected chi connectivity index (χ0v) is 17.8. The average molecular weight is 436 g/mol. The number of carbonyl (C=O) groups excluding carboxylic acids is 1. The number of methoxy groups -OCH3 is 1. The van der Waals surface area contributed by atoms with Crippen LogP contribution in [-0.2, 0) is 13.1 Å². The largest absolute Gasteiger partial charge is 0.497 e. The summed E-state index contributed by atoms with van der Waals surface area (Å²) in [6.07, 6.45) is 0. The van der Waals surface area contributed by atoms with E-state index in [-0.39, 0.29) is 12.5 Å². The van der Waals surface area contributed by atoms with Gasteiger partial charge in [-0.05, 0) is 48.5 Å². The summed E-state index contributed by atoms with van der Waals surface area (Å²) >= 11 is 6.14. The Morgan fingerprint density at radius 1 is 1.00 bits per heavy atom. The summed E-state index contributed by atoms with van der Waals surface area (Å²) in [5.74, 6) is 2.06. The second-order valence-electron chi connectivity index (χ2n) is 6.85. The van der Waals surface area contributed by atoms with E-state index < -0.39 is 0 Å². The molecule has 4 rings (SSSR count). The molecule has 0 aliphatic carbocycles. The quantitative estimate of drug-likeness (QED) is 0.435. The van der Waals surface area contributed by atoms with Crippen LogP contribution in [0, 0.1) is 0 Å². The van der Waals surface area contributed by atoms with Gasteiger partial charge in [0.05, 0.1) is 41.8 Å². The van der Waals surface area contributed by atoms with Crippen LogP contribution >= 0.6 is 11.6 Å². The summed E-state index contributed by atoms with van der Waals surface area (Å²) in [5, 5.41) is 3.33. The highest BCUT2D eigenvalue weighted by Gasteiger charge is 2.14. The second kappa shape index (κ2) is 9.53. The van der Waals surface area contributed by atoms with Crippen LogP contribution in [0.1, 0.15) is 16.2 Å². The summed E-state index contributed by atoms with van der Waals surface area (Å²) in [4.78, 5) is 17.2. The van der Waals surface area contributed by atoms with Crippen molar-refractivity contribution in [2.24, 2.45) is 0 Å². The molecule has 0 bridgehead atoms. The standard InChI is InChI=1S/C24H22ClN3O3/c1-30-17-10-12-18(13-11-17)31-15-14-28-22-9-5-4-8-21(22)27-23(28)16-26-24(29)19-6-2-3-7-20(19)25/h2-13H,14-16H2,1H3,(H,26,29). The molecule has 0 unspecified atom stereocenters. The number of hydrogen-bond acceptors (Lipinski definition) is 4. The van der Waals surface area contributed by atoms with Crippen molar-refractivity contribution in [2.45, 2.75) is 13.1 Å². The molecule has 4 aromatic rings. The van der Waals surface area contributed by atoms with Crippen molar-refractivity contribution in [1.29, 1.82) is 0 Å². The molecular weight excluding hydrogens is 414 g/mol. The number of ether oxygens (including phenoxy) is 2. The number of imidazole rings is 1. The zero-order chi connectivity index (χ0) is 21.6. The summed E-state index contributed by atoms with van der Waals surface area (Å²) in [6.45, 7) is 1.32. The number of aromatic nitrogens is 2. The molecule has 0 atom stereocenters. The lowest BCUT2D eigenvalue weighted by Crippen LogP contribution is -2.25. The summed E-state index contributed by atoms with van der Waals surface area (Å²) in [7, 11) is 1.63. The lowest BCUT2D eigenvalue weighted by Gasteiger charge is -2.12. The van der Waals surface area contributed by atoms with Gasteiger partial charge in [0.1, 0.15) is 23.9 Å². The van der Waals surface area contributed by atoms with Gasteiger partial charge in [0.15, 0.2) is 0 Å². The minimum Gasteiger partial charge on any atom is -0.497 e. The molecule has 0 spiro atoms. The van der Waals surface area contributed by atoms with Gasteiger partial charge in [-0.25, -0.2) is 4.98 Å². The second-order valence-corrected chi connectivity index (χ2v) is 7.26. The molecule has 0 radical (unpaired) electrons. The van der Waals surface area contributed by atoms with Gasteiger partial charge < -0.3 is 19.4 Å². The van der Waals surface area contributed by atoms with Gasteiger partial charge in [-0.3, -0.25) is 4.79 Å². The predicted molar refractivity (Wildman–Crippen MR) is 121 cm³/mol. The Morgan fingerprint density at radius 2 is 1.71 bits per heavy atom. The third kappa shape index (κ3) is 4.81. The van der Waals surface area contributed by atoms with Crippen LogP contribution in [0.4, 0.5) is 0 Å². The normalized spacial score (nSPS) is 10.8. The highest BCUT2D eigenvalue weighted by Crippen LogP contribution is 2.19. The lowest BCUT2D eigenvalue weighted by molar-refractivity contribution is 0.0949. The van der Waals surface area contributed by atoms with E-state index in [1.807, 2.05) is 48.5 Å². The molecule has 1 N–H and O–H groups in total. The van der Waals surface area contributed by atoms with Crippen molar-refractivity contribution in [3.63, 3.8) is 0 Å². The topological polar surface area (TPSA) is 65.4 Å². The smallest absolute Gasteiger partial charge is 0.253 e. The lowest BCUT2D eigenvalue weighted by atomic mass is 10.2. The van der Waals surface area contributed by atoms with E-state index >= 15 is 0 Å². The monoisotopic (exact) mass is 435 g/mol. The van der Waals surface area contributed by atoms with Crippen LogP contribution in [-0.4, -0.2) is 29.2 Å². The molecule has 158 valence electrons. The SMILES string of the molecule is COc1ccc(OCCn2c(CNC(=O)c3ccccc3Cl)nc3ccccc32)cc1. The fourth-order valence-corrected chi connectivity index (χ4v) is 3.56. The first-order valence-electron chi connectivity index (χ1n) is 9.89. The van der Waals surface area contributed by atoms with E-state index in [2.05, 4.69) is 9.88 Å². The third-order valence-corrected chi connectivity index (χ3v) is 5.23. The van der Waals surface area contributed by atoms with Crippen LogP contribution in [0.5, 0.6) is 11.5 Å². The molecule has 0 aliphatic rings. The van der Waals surface area contributed by atoms with Crippen molar-refractivity contribution in [2.75, 3.05) is 13.7 Å². The molecule has 0 aliphatic heterocycles. The fourth-order valence-electron chi connectivity index (χ4n) is 3.34. The molecule has 1 amide bonds. The Kier molecular flexibility index (Phi) is 6.38. The van der Waals surface area contributed by atoms with Gasteiger partial charge in [0, 0.05) is 0 Å². The van der Waals surface area contributed by atoms with Gasteiger partial charge in [-0.15, -0.1) is 0 Å². The number of fused-ring (bicyclic) bond motifs is 1. The highest BCUT2D eigenvalue weighted by atomic mass is 35.5. The number of hydrogen-bond donors (Lipinski definition) is 1. The van der Waals surface area contributed by atoms with E-state index in [1.54, 1.807) is 31.4 Å². The maximum Gasteiger partial charge on any atom is 0.253 e. The Bertz CT molecular complexity index is 1190. The average Bonchev–Trinajstić information content (AvgIpc) is 3.16. The van der Waals surface area contributed by atoms with Gasteiger partial charge in [0.2, 0.25) is 0 Å². The van der Waals surface area contributed by atoms with Crippen molar-refractivity contribution in [3.8, 4) is 11.5 Å². The van der Waals surface area contributed by atoms with E-state index in [1.165, 1.54) is 0 Å². The van der Waals surface area contributed by atoms with Crippen molar-refractivity contribution < 1.29 is 14.3 Å². The van der Waals surface area contributed by atoms with E-state index in [4.69, 9.17) is 26.1 Å². The van der Waals surface area contributed by atoms with E-state index in [0.717, 1.165) is 28.4 Å². The minimum atomic E-state index is -0.237. The number of rotatable bonds is 8. The fraction of sp³-hybridized carbons (Fsp3) is 0.167. The molecule has 0 saturated carbocycles. The first-order valence-corrected chi connectivity index (χ1v) is 10.3. The minimum absolute atomic E-state index is 0.237. The molecule has 31 heavy (non-hydrogen) atoms. The first-order chi connectivity index (χ1) is 15.2. The zero-order valence-electron chi connectivity index (χ0n) is 17.0. The van der Waals surface area contributed by atoms with Gasteiger partial charge in [0.25, 0.3) is 5.91 Å². The summed E-state index contributed by atoms with van der Waals surface area (Å²) in [6, 6.07) is 22.3. The maximum atomic E-state index is 12.5. The summed E-state index contributed by atoms with van der Waals surface area (Å²) in [5.41, 5.74) is 2.30. The Balaban J connectivity index is 1.47. The van der Waals surface area contributed by atoms with Crippen molar-refractivity contribution in [1.82, 2.24) is 14.9 Å². The Hall–Kier alpha value is -3.51. The number of para-hydroxylation sites is 2. The molecular formula is C24H22ClN3O3. The molecule has 1 heterocycles. The van der Waals surface area contributed by atoms with Crippen LogP contribution in [0.15, 0.2) is 72.8 Å². The summed E-state index contributed by atoms with van der Waals surface area (Å²) < 4.78 is 13.1. The Labute approximate surface area is 185 Å². The van der Waals surface area contributed by atoms with E-state index in [0.29, 0.717) is 23.7 Å². The number of benzene rings is 3.